The summed E-state index contributed by atoms with van der Waals surface area (Å²) in [6, 6.07) is 9.74. The Kier molecular flexibility index (Phi) is 7.82. The summed E-state index contributed by atoms with van der Waals surface area (Å²) in [5.74, 6) is 0.0252. The number of ketones is 1. The maximum Gasteiger partial charge on any atom is 0.433 e. The van der Waals surface area contributed by atoms with Crippen LogP contribution in [0.5, 0.6) is 0 Å². The van der Waals surface area contributed by atoms with Crippen LogP contribution in [0, 0.1) is 0 Å². The minimum atomic E-state index is -4.51. The molecule has 0 radical (unpaired) electrons. The predicted octanol–water partition coefficient (Wildman–Crippen LogP) is 4.59. The number of hydrogen-bond donors (Lipinski definition) is 0. The predicted molar refractivity (Wildman–Crippen MR) is 122 cm³/mol. The summed E-state index contributed by atoms with van der Waals surface area (Å²) in [5, 5.41) is 0. The van der Waals surface area contributed by atoms with Crippen LogP contribution in [-0.4, -0.2) is 44.3 Å². The minimum Gasteiger partial charge on any atom is -0.356 e. The zero-order valence-electron chi connectivity index (χ0n) is 18.9. The number of aromatic nitrogens is 1. The normalized spacial score (nSPS) is 15.6. The Hall–Kier alpha value is -2.42. The van der Waals surface area contributed by atoms with Crippen molar-refractivity contribution in [3.63, 3.8) is 0 Å². The molecule has 0 bridgehead atoms. The van der Waals surface area contributed by atoms with Crippen molar-refractivity contribution in [2.75, 3.05) is 30.0 Å². The lowest BCUT2D eigenvalue weighted by Gasteiger charge is -2.22. The van der Waals surface area contributed by atoms with Crippen molar-refractivity contribution in [3.8, 4) is 0 Å². The van der Waals surface area contributed by atoms with Gasteiger partial charge in [-0.15, -0.1) is 0 Å². The summed E-state index contributed by atoms with van der Waals surface area (Å²) in [5.41, 5.74) is 1.45. The molecule has 0 amide bonds. The average molecular weight is 483 g/mol. The number of rotatable bonds is 9. The number of benzene rings is 1. The van der Waals surface area contributed by atoms with Crippen LogP contribution in [0.4, 0.5) is 19.0 Å². The van der Waals surface area contributed by atoms with Gasteiger partial charge in [0, 0.05) is 31.7 Å². The fourth-order valence-electron chi connectivity index (χ4n) is 3.97. The molecular formula is C24H29F3N2O3S. The third kappa shape index (κ3) is 7.03. The lowest BCUT2D eigenvalue weighted by molar-refractivity contribution is -0.141. The van der Waals surface area contributed by atoms with Crippen molar-refractivity contribution in [2.24, 2.45) is 0 Å². The van der Waals surface area contributed by atoms with Crippen LogP contribution in [-0.2, 0) is 33.6 Å². The fraction of sp³-hybridized carbons (Fsp3) is 0.500. The smallest absolute Gasteiger partial charge is 0.356 e. The van der Waals surface area contributed by atoms with Crippen molar-refractivity contribution in [3.05, 3.63) is 58.8 Å². The van der Waals surface area contributed by atoms with Crippen molar-refractivity contribution in [2.45, 2.75) is 51.1 Å². The van der Waals surface area contributed by atoms with Crippen molar-refractivity contribution >= 4 is 21.4 Å². The molecule has 1 aliphatic rings. The SMILES string of the molecule is CC(C(=O)CCc1ccc(C(F)(F)F)nc1N1CCCC1)c1ccc(CCS(C)(=O)=O)cc1. The highest BCUT2D eigenvalue weighted by molar-refractivity contribution is 7.90. The van der Waals surface area contributed by atoms with Crippen LogP contribution in [0.1, 0.15) is 54.5 Å². The van der Waals surface area contributed by atoms with E-state index in [1.807, 2.05) is 29.2 Å². The van der Waals surface area contributed by atoms with Gasteiger partial charge in [-0.25, -0.2) is 13.4 Å². The van der Waals surface area contributed by atoms with Gasteiger partial charge in [0.15, 0.2) is 0 Å². The van der Waals surface area contributed by atoms with Crippen LogP contribution in [0.15, 0.2) is 36.4 Å². The highest BCUT2D eigenvalue weighted by Gasteiger charge is 2.34. The quantitative estimate of drug-likeness (QED) is 0.523. The molecule has 33 heavy (non-hydrogen) atoms. The largest absolute Gasteiger partial charge is 0.433 e. The number of hydrogen-bond acceptors (Lipinski definition) is 5. The Morgan fingerprint density at radius 1 is 1.06 bits per heavy atom. The first kappa shape index (κ1) is 25.2. The zero-order chi connectivity index (χ0) is 24.2. The number of alkyl halides is 3. The Balaban J connectivity index is 1.67. The molecule has 1 aromatic carbocycles. The zero-order valence-corrected chi connectivity index (χ0v) is 19.7. The van der Waals surface area contributed by atoms with E-state index in [1.165, 1.54) is 12.3 Å². The number of carbonyl (C=O) groups is 1. The molecule has 0 N–H and O–H groups in total. The van der Waals surface area contributed by atoms with E-state index in [4.69, 9.17) is 0 Å². The summed E-state index contributed by atoms with van der Waals surface area (Å²) in [7, 11) is -3.04. The Labute approximate surface area is 192 Å². The van der Waals surface area contributed by atoms with Gasteiger partial charge in [-0.2, -0.15) is 13.2 Å². The molecule has 180 valence electrons. The summed E-state index contributed by atoms with van der Waals surface area (Å²) in [6.45, 7) is 3.13. The van der Waals surface area contributed by atoms with E-state index in [0.717, 1.165) is 30.0 Å². The third-order valence-electron chi connectivity index (χ3n) is 6.02. The molecule has 1 atom stereocenters. The number of Topliss-reactive ketones (excluding diaryl/α,β-unsaturated/α-hetero) is 1. The van der Waals surface area contributed by atoms with Crippen LogP contribution >= 0.6 is 0 Å². The van der Waals surface area contributed by atoms with Crippen molar-refractivity contribution in [1.82, 2.24) is 4.98 Å². The van der Waals surface area contributed by atoms with Gasteiger partial charge in [-0.05, 0) is 48.4 Å². The van der Waals surface area contributed by atoms with E-state index in [1.54, 1.807) is 6.92 Å². The van der Waals surface area contributed by atoms with Crippen LogP contribution in [0.2, 0.25) is 0 Å². The van der Waals surface area contributed by atoms with E-state index in [2.05, 4.69) is 4.98 Å². The molecule has 1 aliphatic heterocycles. The second-order valence-electron chi connectivity index (χ2n) is 8.68. The van der Waals surface area contributed by atoms with Crippen LogP contribution in [0.25, 0.3) is 0 Å². The van der Waals surface area contributed by atoms with Crippen LogP contribution < -0.4 is 4.90 Å². The van der Waals surface area contributed by atoms with Crippen molar-refractivity contribution < 1.29 is 26.4 Å². The number of sulfone groups is 1. The van der Waals surface area contributed by atoms with E-state index in [9.17, 15) is 26.4 Å². The first-order valence-corrected chi connectivity index (χ1v) is 13.1. The van der Waals surface area contributed by atoms with Gasteiger partial charge < -0.3 is 4.90 Å². The maximum absolute atomic E-state index is 13.2. The highest BCUT2D eigenvalue weighted by atomic mass is 32.2. The Morgan fingerprint density at radius 3 is 2.27 bits per heavy atom. The molecule has 9 heteroatoms. The molecule has 0 spiro atoms. The fourth-order valence-corrected chi connectivity index (χ4v) is 4.58. The van der Waals surface area contributed by atoms with E-state index < -0.39 is 21.7 Å². The van der Waals surface area contributed by atoms with Gasteiger partial charge in [0.25, 0.3) is 0 Å². The molecule has 2 aromatic rings. The second-order valence-corrected chi connectivity index (χ2v) is 10.9. The van der Waals surface area contributed by atoms with Crippen LogP contribution in [0.3, 0.4) is 0 Å². The van der Waals surface area contributed by atoms with Gasteiger partial charge in [0.1, 0.15) is 27.1 Å². The van der Waals surface area contributed by atoms with Gasteiger partial charge in [-0.3, -0.25) is 4.79 Å². The lowest BCUT2D eigenvalue weighted by Crippen LogP contribution is -2.23. The highest BCUT2D eigenvalue weighted by Crippen LogP contribution is 2.32. The Bertz CT molecular complexity index is 1080. The van der Waals surface area contributed by atoms with Gasteiger partial charge in [-0.1, -0.05) is 37.3 Å². The molecule has 0 saturated carbocycles. The third-order valence-corrected chi connectivity index (χ3v) is 6.96. The summed E-state index contributed by atoms with van der Waals surface area (Å²) in [4.78, 5) is 18.6. The monoisotopic (exact) mass is 482 g/mol. The number of aryl methyl sites for hydroxylation is 2. The van der Waals surface area contributed by atoms with Gasteiger partial charge in [0.05, 0.1) is 5.75 Å². The maximum atomic E-state index is 13.2. The number of halogens is 3. The first-order valence-electron chi connectivity index (χ1n) is 11.1. The summed E-state index contributed by atoms with van der Waals surface area (Å²) in [6.07, 6.45) is -0.547. The number of nitrogens with zero attached hydrogens (tertiary/aromatic N) is 2. The molecule has 1 aromatic heterocycles. The molecule has 1 unspecified atom stereocenters. The number of anilines is 1. The second kappa shape index (κ2) is 10.2. The molecule has 2 heterocycles. The molecule has 0 aliphatic carbocycles. The molecular weight excluding hydrogens is 453 g/mol. The number of carbonyl (C=O) groups excluding carboxylic acids is 1. The molecule has 1 fully saturated rings. The van der Waals surface area contributed by atoms with E-state index in [0.29, 0.717) is 37.3 Å². The standard InChI is InChI=1S/C24H29F3N2O3S/c1-17(19-7-5-18(6-8-19)13-16-33(2,31)32)21(30)11-9-20-10-12-22(24(25,26)27)28-23(20)29-14-3-4-15-29/h5-8,10,12,17H,3-4,9,11,13-16H2,1-2H3. The van der Waals surface area contributed by atoms with E-state index in [-0.39, 0.29) is 23.9 Å². The van der Waals surface area contributed by atoms with E-state index >= 15 is 0 Å². The molecule has 1 saturated heterocycles. The Morgan fingerprint density at radius 2 is 1.70 bits per heavy atom. The average Bonchev–Trinajstić information content (AvgIpc) is 3.29. The van der Waals surface area contributed by atoms with Gasteiger partial charge in [0.2, 0.25) is 0 Å². The number of pyridine rings is 1. The summed E-state index contributed by atoms with van der Waals surface area (Å²) < 4.78 is 62.1. The first-order chi connectivity index (χ1) is 15.4. The molecule has 5 nitrogen and oxygen atoms in total. The topological polar surface area (TPSA) is 67.3 Å². The summed E-state index contributed by atoms with van der Waals surface area (Å²) >= 11 is 0. The minimum absolute atomic E-state index is 0.00819. The molecule has 3 rings (SSSR count). The lowest BCUT2D eigenvalue weighted by atomic mass is 9.92. The van der Waals surface area contributed by atoms with Gasteiger partial charge >= 0.3 is 6.18 Å². The van der Waals surface area contributed by atoms with Crippen molar-refractivity contribution in [1.29, 1.82) is 0 Å².